The van der Waals surface area contributed by atoms with E-state index in [9.17, 15) is 0 Å². The average Bonchev–Trinajstić information content (AvgIpc) is 0.794. The maximum atomic E-state index is 6.18. The van der Waals surface area contributed by atoms with Gasteiger partial charge in [-0.2, -0.15) is 0 Å². The molecule has 19 aromatic rings. The van der Waals surface area contributed by atoms with E-state index >= 15 is 0 Å². The summed E-state index contributed by atoms with van der Waals surface area (Å²) in [6.07, 6.45) is 0.803. The number of rotatable bonds is 11. The van der Waals surface area contributed by atoms with Crippen LogP contribution in [0.3, 0.4) is 0 Å². The molecule has 1 aromatic heterocycles. The smallest absolute Gasteiger partial charge is 0.239 e. The monoisotopic (exact) mass is 1740 g/mol. The number of benzene rings is 18. The Morgan fingerprint density at radius 2 is 0.612 bits per heavy atom. The molecule has 16 nitrogen and oxygen atoms in total. The Hall–Kier alpha value is -17.8. The molecular weight excluding hydrogens is 1640 g/mol. The molecular formula is C118H99N16+. The van der Waals surface area contributed by atoms with Gasteiger partial charge < -0.3 is 53.2 Å². The number of fused-ring (bicyclic) bond motifs is 10. The predicted molar refractivity (Wildman–Crippen MR) is 559 cm³/mol. The summed E-state index contributed by atoms with van der Waals surface area (Å²) in [5.41, 5.74) is 60.9. The maximum absolute atomic E-state index is 6.18. The molecule has 0 atom stereocenters. The van der Waals surface area contributed by atoms with Crippen LogP contribution in [0, 0.1) is 34.6 Å². The minimum Gasteiger partial charge on any atom is -0.398 e. The first-order valence-corrected chi connectivity index (χ1v) is 44.5. The van der Waals surface area contributed by atoms with Crippen molar-refractivity contribution in [1.29, 1.82) is 0 Å². The first-order chi connectivity index (χ1) is 65.2. The van der Waals surface area contributed by atoms with Crippen LogP contribution < -0.4 is 100 Å². The predicted octanol–water partition coefficient (Wildman–Crippen LogP) is 23.9. The number of nitrogens with one attached hydrogen (secondary N) is 2. The van der Waals surface area contributed by atoms with Crippen molar-refractivity contribution < 1.29 is 4.57 Å². The van der Waals surface area contributed by atoms with Gasteiger partial charge in [-0.25, -0.2) is 25.0 Å². The van der Waals surface area contributed by atoms with Crippen LogP contribution in [-0.2, 0) is 6.42 Å². The third-order valence-corrected chi connectivity index (χ3v) is 24.2. The Morgan fingerprint density at radius 1 is 0.276 bits per heavy atom. The van der Waals surface area contributed by atoms with E-state index in [1.807, 2.05) is 204 Å². The van der Waals surface area contributed by atoms with Crippen LogP contribution in [0.2, 0.25) is 0 Å². The van der Waals surface area contributed by atoms with Crippen LogP contribution in [0.4, 0.5) is 136 Å². The van der Waals surface area contributed by atoms with Gasteiger partial charge in [0.25, 0.3) is 0 Å². The highest BCUT2D eigenvalue weighted by molar-refractivity contribution is 5.94. The second kappa shape index (κ2) is 37.1. The first kappa shape index (κ1) is 85.7. The topological polar surface area (TPSA) is 207 Å². The van der Waals surface area contributed by atoms with Gasteiger partial charge >= 0.3 is 0 Å². The summed E-state index contributed by atoms with van der Waals surface area (Å²) in [6.45, 7) is 26.4. The molecule has 4 aliphatic heterocycles. The zero-order valence-corrected chi connectivity index (χ0v) is 75.3. The highest BCUT2D eigenvalue weighted by Crippen LogP contribution is 2.48. The average molecular weight is 1740 g/mol. The van der Waals surface area contributed by atoms with Gasteiger partial charge in [0.2, 0.25) is 16.7 Å². The number of aromatic nitrogens is 2. The normalized spacial score (nSPS) is 11.9. The van der Waals surface area contributed by atoms with Crippen molar-refractivity contribution in [3.8, 4) is 5.69 Å². The summed E-state index contributed by atoms with van der Waals surface area (Å²) >= 11 is 0. The first-order valence-electron chi connectivity index (χ1n) is 44.5. The van der Waals surface area contributed by atoms with Crippen molar-refractivity contribution >= 4 is 185 Å². The number of nitrogens with zero attached hydrogens (tertiary/aromatic N) is 10. The molecule has 0 amide bonds. The van der Waals surface area contributed by atoms with Crippen molar-refractivity contribution in [1.82, 2.24) is 4.98 Å². The zero-order valence-electron chi connectivity index (χ0n) is 75.3. The van der Waals surface area contributed by atoms with Crippen molar-refractivity contribution in [3.63, 3.8) is 0 Å². The van der Waals surface area contributed by atoms with E-state index in [0.717, 1.165) is 241 Å². The van der Waals surface area contributed by atoms with Crippen LogP contribution in [0.5, 0.6) is 0 Å². The summed E-state index contributed by atoms with van der Waals surface area (Å²) in [5.74, 6) is 0. The Balaban J connectivity index is 0.000000110. The number of aryl methyl sites for hydroxylation is 5. The third-order valence-electron chi connectivity index (χ3n) is 24.2. The lowest BCUT2D eigenvalue weighted by Crippen LogP contribution is -2.33. The molecule has 0 fully saturated rings. The third kappa shape index (κ3) is 17.9. The zero-order chi connectivity index (χ0) is 92.2. The Labute approximate surface area is 778 Å². The molecule has 16 heteroatoms. The second-order valence-electron chi connectivity index (χ2n) is 33.8. The van der Waals surface area contributed by atoms with Gasteiger partial charge in [-0.05, 0) is 289 Å². The van der Waals surface area contributed by atoms with E-state index in [0.29, 0.717) is 0 Å². The van der Waals surface area contributed by atoms with E-state index < -0.39 is 0 Å². The molecule has 0 saturated heterocycles. The number of anilines is 20. The van der Waals surface area contributed by atoms with Crippen molar-refractivity contribution in [2.45, 2.75) is 41.0 Å². The van der Waals surface area contributed by atoms with Crippen LogP contribution >= 0.6 is 0 Å². The highest BCUT2D eigenvalue weighted by atomic mass is 15.2. The van der Waals surface area contributed by atoms with Crippen molar-refractivity contribution in [2.75, 3.05) is 53.2 Å². The largest absolute Gasteiger partial charge is 0.398 e. The van der Waals surface area contributed by atoms with E-state index in [4.69, 9.17) is 47.9 Å². The van der Waals surface area contributed by atoms with Crippen LogP contribution in [-0.4, -0.2) is 4.98 Å². The lowest BCUT2D eigenvalue weighted by atomic mass is 10.0. The Morgan fingerprint density at radius 3 is 1.00 bits per heavy atom. The summed E-state index contributed by atoms with van der Waals surface area (Å²) in [4.78, 5) is 33.3. The molecule has 10 N–H and O–H groups in total. The van der Waals surface area contributed by atoms with Gasteiger partial charge in [0, 0.05) is 92.5 Å². The Kier molecular flexibility index (Phi) is 23.7. The molecule has 4 aliphatic rings. The molecule has 0 saturated carbocycles. The fourth-order valence-corrected chi connectivity index (χ4v) is 17.2. The van der Waals surface area contributed by atoms with Crippen LogP contribution in [0.1, 0.15) is 38.9 Å². The van der Waals surface area contributed by atoms with Crippen molar-refractivity contribution in [2.24, 2.45) is 20.0 Å². The number of para-hydroxylation sites is 7. The number of hydrogen-bond acceptors (Lipinski definition) is 15. The summed E-state index contributed by atoms with van der Waals surface area (Å²) in [5, 5.41) is 14.9. The van der Waals surface area contributed by atoms with Crippen molar-refractivity contribution in [3.05, 3.63) is 469 Å². The molecule has 0 radical (unpaired) electrons. The van der Waals surface area contributed by atoms with Gasteiger partial charge in [-0.3, -0.25) is 0 Å². The minimum atomic E-state index is 0.772. The summed E-state index contributed by atoms with van der Waals surface area (Å²) < 4.78 is 2.32. The number of nitrogens with two attached hydrogens (primary N) is 4. The Bertz CT molecular complexity index is 7830. The molecule has 5 heterocycles. The van der Waals surface area contributed by atoms with E-state index in [-0.39, 0.29) is 0 Å². The fourth-order valence-electron chi connectivity index (χ4n) is 17.2. The number of nitrogen functional groups attached to an aromatic ring is 4. The minimum absolute atomic E-state index is 0.772. The SMILES string of the molecule is C=c1cc2c(cc1C)=Nc1cc(C)c(N)cc1N2c1ccccc1.C=c1ccc2c(c1)N(c1ccccc1)c1cc(N)c(C)cc1N=2.C=c1ccc2c(c1)N(c1ccccc1)c1cc(N)c(C)cc1N=2.C=c1ccc2c(c1)N(c1ccccc1)c1cc(N)c(C)cc1N=2.c1ccc(Cc2cc3nc4ccc(Nc5ccccc5)cc4[n+](-c4ccccc4)c3cc2Nc2ccccc2)cc1. The van der Waals surface area contributed by atoms with Gasteiger partial charge in [-0.15, -0.1) is 4.57 Å². The van der Waals surface area contributed by atoms with Crippen LogP contribution in [0.15, 0.2) is 408 Å². The molecule has 0 spiro atoms. The van der Waals surface area contributed by atoms with Gasteiger partial charge in [0.05, 0.1) is 89.7 Å². The standard InChI is InChI=1S/C37H28N4.C21H19N3.3C20H17N3/c1-5-13-27(14-6-1)23-28-24-35-37(26-34(28)39-30-17-9-3-10-18-30)41(32-19-11-4-12-20-32)36-25-31(21-22-33(36)40-35)38-29-15-7-2-8-16-29;1-13-9-18-20(11-14(13)2)24(16-7-5-4-6-8-16)21-12-17(22)15(3)10-19(21)23-18;3*1-13-8-9-17-19(10-13)23(15-6-4-3-5-7-15)20-12-16(21)14(2)11-18(20)22-17/h1-22,24-26H,23H2,(H,38,39);4-12H,2,22H2,1,3H3;3*3-12H,1,21H2,2H3/p+1. The molecule has 23 rings (SSSR count). The fraction of sp³-hybridized carbons (Fsp3) is 0.0508. The molecule has 134 heavy (non-hydrogen) atoms. The summed E-state index contributed by atoms with van der Waals surface area (Å²) in [7, 11) is 0. The van der Waals surface area contributed by atoms with Gasteiger partial charge in [0.1, 0.15) is 11.0 Å². The lowest BCUT2D eigenvalue weighted by molar-refractivity contribution is -0.538. The second-order valence-corrected chi connectivity index (χ2v) is 33.8. The molecule has 0 aliphatic carbocycles. The van der Waals surface area contributed by atoms with Gasteiger partial charge in [-0.1, -0.05) is 202 Å². The molecule has 0 unspecified atom stereocenters. The molecule has 18 aromatic carbocycles. The van der Waals surface area contributed by atoms with Gasteiger partial charge in [0.15, 0.2) is 0 Å². The van der Waals surface area contributed by atoms with E-state index in [1.54, 1.807) is 0 Å². The lowest BCUT2D eigenvalue weighted by Gasteiger charge is -2.30. The quantitative estimate of drug-likeness (QED) is 0.0408. The maximum Gasteiger partial charge on any atom is 0.239 e. The summed E-state index contributed by atoms with van der Waals surface area (Å²) in [6, 6.07) is 132. The molecule has 0 bridgehead atoms. The molecule has 650 valence electrons. The van der Waals surface area contributed by atoms with E-state index in [2.05, 4.69) is 280 Å². The van der Waals surface area contributed by atoms with E-state index in [1.165, 1.54) is 11.1 Å². The van der Waals surface area contributed by atoms with Crippen LogP contribution in [0.25, 0.3) is 54.1 Å². The highest BCUT2D eigenvalue weighted by Gasteiger charge is 2.29. The number of hydrogen-bond donors (Lipinski definition) is 6.